The lowest BCUT2D eigenvalue weighted by Crippen LogP contribution is -2.51. The summed E-state index contributed by atoms with van der Waals surface area (Å²) in [6.45, 7) is 6.52. The quantitative estimate of drug-likeness (QED) is 0.765. The molecule has 0 radical (unpaired) electrons. The van der Waals surface area contributed by atoms with Gasteiger partial charge < -0.3 is 14.7 Å². The van der Waals surface area contributed by atoms with Crippen molar-refractivity contribution in [3.63, 3.8) is 0 Å². The summed E-state index contributed by atoms with van der Waals surface area (Å²) < 4.78 is 0. The maximum atomic E-state index is 13.1. The largest absolute Gasteiger partial charge is 0.343 e. The molecule has 5 nitrogen and oxygen atoms in total. The number of amides is 2. The smallest absolute Gasteiger partial charge is 0.230 e. The third kappa shape index (κ3) is 3.57. The summed E-state index contributed by atoms with van der Waals surface area (Å²) in [4.78, 5) is 32.0. The monoisotopic (exact) mass is 347 g/mol. The molecule has 0 bridgehead atoms. The molecular formula is C20H33N3O2. The lowest BCUT2D eigenvalue weighted by molar-refractivity contribution is -0.146. The van der Waals surface area contributed by atoms with Gasteiger partial charge in [0.05, 0.1) is 5.41 Å². The maximum absolute atomic E-state index is 13.1. The Balaban J connectivity index is 1.29. The molecule has 0 unspecified atom stereocenters. The Bertz CT molecular complexity index is 513. The van der Waals surface area contributed by atoms with Crippen LogP contribution in [0.25, 0.3) is 0 Å². The fourth-order valence-electron chi connectivity index (χ4n) is 5.22. The molecule has 0 N–H and O–H groups in total. The van der Waals surface area contributed by atoms with Crippen LogP contribution in [0.2, 0.25) is 0 Å². The first-order valence-corrected chi connectivity index (χ1v) is 10.5. The topological polar surface area (TPSA) is 43.9 Å². The first-order valence-electron chi connectivity index (χ1n) is 10.5. The minimum atomic E-state index is -0.140. The lowest BCUT2D eigenvalue weighted by Gasteiger charge is -2.42. The Morgan fingerprint density at radius 1 is 1.00 bits per heavy atom. The van der Waals surface area contributed by atoms with Crippen molar-refractivity contribution in [1.29, 1.82) is 0 Å². The number of likely N-dealkylation sites (tertiary alicyclic amines) is 3. The fraction of sp³-hybridized carbons (Fsp3) is 0.900. The number of carbonyl (C=O) groups is 2. The van der Waals surface area contributed by atoms with Crippen LogP contribution in [-0.2, 0) is 9.59 Å². The molecule has 0 aromatic carbocycles. The molecule has 1 spiro atoms. The van der Waals surface area contributed by atoms with Crippen LogP contribution in [0.15, 0.2) is 0 Å². The Hall–Kier alpha value is -1.10. The van der Waals surface area contributed by atoms with Gasteiger partial charge in [-0.1, -0.05) is 6.42 Å². The standard InChI is InChI=1S/C20H33N3O2/c24-18(22-10-1-2-11-22)7-13-21-14-9-20(16-21)8-4-12-23(19(20)25)15-17-5-3-6-17/h17H,1-16H2/t20-/m1/s1. The van der Waals surface area contributed by atoms with Crippen molar-refractivity contribution in [1.82, 2.24) is 14.7 Å². The van der Waals surface area contributed by atoms with E-state index in [0.717, 1.165) is 83.8 Å². The molecule has 3 heterocycles. The van der Waals surface area contributed by atoms with Crippen LogP contribution in [0.1, 0.15) is 57.8 Å². The van der Waals surface area contributed by atoms with Crippen LogP contribution in [0.4, 0.5) is 0 Å². The summed E-state index contributed by atoms with van der Waals surface area (Å²) >= 11 is 0. The molecule has 1 aliphatic carbocycles. The van der Waals surface area contributed by atoms with E-state index in [-0.39, 0.29) is 5.41 Å². The second-order valence-corrected chi connectivity index (χ2v) is 8.80. The highest BCUT2D eigenvalue weighted by Gasteiger charge is 2.48. The zero-order valence-electron chi connectivity index (χ0n) is 15.5. The van der Waals surface area contributed by atoms with E-state index in [2.05, 4.69) is 9.80 Å². The van der Waals surface area contributed by atoms with Crippen LogP contribution >= 0.6 is 0 Å². The van der Waals surface area contributed by atoms with Gasteiger partial charge in [0.15, 0.2) is 0 Å². The van der Waals surface area contributed by atoms with E-state index in [4.69, 9.17) is 0 Å². The summed E-state index contributed by atoms with van der Waals surface area (Å²) in [7, 11) is 0. The number of hydrogen-bond donors (Lipinski definition) is 0. The molecule has 2 amide bonds. The zero-order valence-corrected chi connectivity index (χ0v) is 15.5. The second kappa shape index (κ2) is 7.26. The van der Waals surface area contributed by atoms with Crippen LogP contribution < -0.4 is 0 Å². The maximum Gasteiger partial charge on any atom is 0.230 e. The van der Waals surface area contributed by atoms with E-state index >= 15 is 0 Å². The van der Waals surface area contributed by atoms with Gasteiger partial charge in [-0.3, -0.25) is 9.59 Å². The highest BCUT2D eigenvalue weighted by Crippen LogP contribution is 2.41. The molecule has 4 rings (SSSR count). The third-order valence-corrected chi connectivity index (χ3v) is 7.06. The normalized spacial score (nSPS) is 31.1. The molecule has 4 fully saturated rings. The molecule has 0 aromatic rings. The Morgan fingerprint density at radius 3 is 2.52 bits per heavy atom. The molecule has 1 saturated carbocycles. The predicted molar refractivity (Wildman–Crippen MR) is 97.1 cm³/mol. The molecule has 25 heavy (non-hydrogen) atoms. The highest BCUT2D eigenvalue weighted by atomic mass is 16.2. The summed E-state index contributed by atoms with van der Waals surface area (Å²) in [5, 5.41) is 0. The number of hydrogen-bond acceptors (Lipinski definition) is 3. The van der Waals surface area contributed by atoms with E-state index < -0.39 is 0 Å². The average molecular weight is 348 g/mol. The third-order valence-electron chi connectivity index (χ3n) is 7.06. The molecule has 4 aliphatic rings. The van der Waals surface area contributed by atoms with Crippen LogP contribution in [0, 0.1) is 11.3 Å². The molecule has 140 valence electrons. The summed E-state index contributed by atoms with van der Waals surface area (Å²) in [6, 6.07) is 0. The van der Waals surface area contributed by atoms with Crippen LogP contribution in [0.3, 0.4) is 0 Å². The minimum Gasteiger partial charge on any atom is -0.343 e. The predicted octanol–water partition coefficient (Wildman–Crippen LogP) is 2.11. The van der Waals surface area contributed by atoms with Crippen molar-refractivity contribution in [2.75, 3.05) is 45.8 Å². The highest BCUT2D eigenvalue weighted by molar-refractivity contribution is 5.84. The Labute approximate surface area is 151 Å². The van der Waals surface area contributed by atoms with Gasteiger partial charge in [0.25, 0.3) is 0 Å². The van der Waals surface area contributed by atoms with E-state index in [0.29, 0.717) is 18.2 Å². The van der Waals surface area contributed by atoms with Gasteiger partial charge in [0.2, 0.25) is 11.8 Å². The summed E-state index contributed by atoms with van der Waals surface area (Å²) in [6.07, 6.45) is 10.1. The van der Waals surface area contributed by atoms with Crippen LogP contribution in [0.5, 0.6) is 0 Å². The molecular weight excluding hydrogens is 314 g/mol. The van der Waals surface area contributed by atoms with E-state index in [1.54, 1.807) is 0 Å². The van der Waals surface area contributed by atoms with Gasteiger partial charge >= 0.3 is 0 Å². The first-order chi connectivity index (χ1) is 12.2. The van der Waals surface area contributed by atoms with Gasteiger partial charge in [0.1, 0.15) is 0 Å². The number of nitrogens with zero attached hydrogens (tertiary/aromatic N) is 3. The number of piperidine rings is 1. The minimum absolute atomic E-state index is 0.140. The Morgan fingerprint density at radius 2 is 1.80 bits per heavy atom. The average Bonchev–Trinajstić information content (AvgIpc) is 3.23. The molecule has 3 saturated heterocycles. The van der Waals surface area contributed by atoms with Gasteiger partial charge in [-0.05, 0) is 57.4 Å². The van der Waals surface area contributed by atoms with Crippen molar-refractivity contribution < 1.29 is 9.59 Å². The van der Waals surface area contributed by atoms with Crippen molar-refractivity contribution >= 4 is 11.8 Å². The second-order valence-electron chi connectivity index (χ2n) is 8.80. The lowest BCUT2D eigenvalue weighted by atomic mass is 9.77. The molecule has 1 atom stereocenters. The van der Waals surface area contributed by atoms with Gasteiger partial charge in [-0.2, -0.15) is 0 Å². The fourth-order valence-corrected chi connectivity index (χ4v) is 5.22. The van der Waals surface area contributed by atoms with E-state index in [1.807, 2.05) is 4.90 Å². The first kappa shape index (κ1) is 17.3. The molecule has 0 aromatic heterocycles. The molecule has 3 aliphatic heterocycles. The zero-order chi connectivity index (χ0) is 17.3. The number of carbonyl (C=O) groups excluding carboxylic acids is 2. The van der Waals surface area contributed by atoms with Crippen molar-refractivity contribution in [2.24, 2.45) is 11.3 Å². The van der Waals surface area contributed by atoms with E-state index in [9.17, 15) is 9.59 Å². The van der Waals surface area contributed by atoms with Gasteiger partial charge in [-0.25, -0.2) is 0 Å². The van der Waals surface area contributed by atoms with Gasteiger partial charge in [-0.15, -0.1) is 0 Å². The van der Waals surface area contributed by atoms with Crippen molar-refractivity contribution in [3.05, 3.63) is 0 Å². The SMILES string of the molecule is O=C(CCN1CC[C@]2(CCCN(CC3CCC3)C2=O)C1)N1CCCC1. The van der Waals surface area contributed by atoms with Gasteiger partial charge in [0, 0.05) is 45.7 Å². The molecule has 5 heteroatoms. The van der Waals surface area contributed by atoms with Crippen molar-refractivity contribution in [2.45, 2.75) is 57.8 Å². The van der Waals surface area contributed by atoms with Crippen LogP contribution in [-0.4, -0.2) is 72.3 Å². The summed E-state index contributed by atoms with van der Waals surface area (Å²) in [5.41, 5.74) is -0.140. The summed E-state index contributed by atoms with van der Waals surface area (Å²) in [5.74, 6) is 1.48. The Kier molecular flexibility index (Phi) is 5.03. The van der Waals surface area contributed by atoms with E-state index in [1.165, 1.54) is 19.3 Å². The number of rotatable bonds is 5. The van der Waals surface area contributed by atoms with Crippen molar-refractivity contribution in [3.8, 4) is 0 Å².